The fraction of sp³-hybridized carbons (Fsp3) is 0.357. The number of hydrogen-bond acceptors (Lipinski definition) is 3. The number of amides is 1. The van der Waals surface area contributed by atoms with Gasteiger partial charge in [-0.2, -0.15) is 0 Å². The molecule has 0 spiro atoms. The summed E-state index contributed by atoms with van der Waals surface area (Å²) in [7, 11) is 0. The Bertz CT molecular complexity index is 618. The van der Waals surface area contributed by atoms with Gasteiger partial charge in [0.15, 0.2) is 5.11 Å². The summed E-state index contributed by atoms with van der Waals surface area (Å²) in [5, 5.41) is 17.0. The third-order valence-electron chi connectivity index (χ3n) is 2.80. The zero-order valence-corrected chi connectivity index (χ0v) is 15.9. The van der Waals surface area contributed by atoms with Crippen molar-refractivity contribution in [2.24, 2.45) is 5.92 Å². The van der Waals surface area contributed by atoms with Crippen LogP contribution < -0.4 is 16.0 Å². The Morgan fingerprint density at radius 3 is 2.08 bits per heavy atom. The Morgan fingerprint density at radius 2 is 1.67 bits per heavy atom. The lowest BCUT2D eigenvalue weighted by Crippen LogP contribution is -2.56. The zero-order valence-electron chi connectivity index (χ0n) is 12.8. The van der Waals surface area contributed by atoms with Crippen LogP contribution in [0.5, 0.6) is 0 Å². The molecule has 0 aliphatic heterocycles. The summed E-state index contributed by atoms with van der Waals surface area (Å²) in [6, 6.07) is 5.91. The van der Waals surface area contributed by atoms with Gasteiger partial charge in [-0.15, -0.1) is 0 Å². The third-order valence-corrected chi connectivity index (χ3v) is 3.68. The molecule has 0 radical (unpaired) electrons. The summed E-state index contributed by atoms with van der Waals surface area (Å²) in [5.41, 5.74) is 0.679. The number of rotatable bonds is 5. The molecule has 0 saturated heterocycles. The second-order valence-corrected chi connectivity index (χ2v) is 7.90. The molecule has 1 atom stereocenters. The lowest BCUT2D eigenvalue weighted by atomic mass is 10.2. The number of carboxylic acids is 1. The molecule has 1 rings (SSSR count). The van der Waals surface area contributed by atoms with Crippen LogP contribution in [0.15, 0.2) is 24.3 Å². The number of carbonyl (C=O) groups excluding carboxylic acids is 1. The van der Waals surface area contributed by atoms with Gasteiger partial charge in [-0.3, -0.25) is 4.79 Å². The molecule has 6 nitrogen and oxygen atoms in total. The van der Waals surface area contributed by atoms with Gasteiger partial charge in [-0.25, -0.2) is 4.79 Å². The molecule has 0 bridgehead atoms. The van der Waals surface area contributed by atoms with E-state index in [4.69, 9.17) is 52.1 Å². The van der Waals surface area contributed by atoms with Crippen molar-refractivity contribution in [3.8, 4) is 0 Å². The van der Waals surface area contributed by atoms with Crippen molar-refractivity contribution in [3.63, 3.8) is 0 Å². The van der Waals surface area contributed by atoms with Crippen LogP contribution in [0.2, 0.25) is 0 Å². The van der Waals surface area contributed by atoms with E-state index in [1.807, 2.05) is 0 Å². The van der Waals surface area contributed by atoms with Crippen LogP contribution in [-0.2, 0) is 4.79 Å². The number of thiocarbonyl (C=S) groups is 1. The zero-order chi connectivity index (χ0) is 18.5. The highest BCUT2D eigenvalue weighted by atomic mass is 35.6. The lowest BCUT2D eigenvalue weighted by molar-refractivity contribution is -0.124. The second kappa shape index (κ2) is 8.71. The largest absolute Gasteiger partial charge is 0.478 e. The number of hydrogen-bond donors (Lipinski definition) is 4. The Kier molecular flexibility index (Phi) is 7.54. The van der Waals surface area contributed by atoms with E-state index in [0.29, 0.717) is 5.69 Å². The summed E-state index contributed by atoms with van der Waals surface area (Å²) in [5.74, 6) is -1.64. The molecule has 0 fully saturated rings. The highest BCUT2D eigenvalue weighted by Crippen LogP contribution is 2.29. The molecule has 132 valence electrons. The van der Waals surface area contributed by atoms with E-state index in [9.17, 15) is 9.59 Å². The maximum atomic E-state index is 11.8. The van der Waals surface area contributed by atoms with Crippen molar-refractivity contribution >= 4 is 69.7 Å². The standard InChI is InChI=1S/C14H16Cl3N3O3S/c1-7(2)10(21)19-12(14(15,16)17)20-13(24)18-9-5-3-8(4-6-9)11(22)23/h3-7,12H,1-2H3,(H,19,21)(H,22,23)(H2,18,20,24). The molecule has 4 N–H and O–H groups in total. The van der Waals surface area contributed by atoms with Crippen LogP contribution in [0.1, 0.15) is 24.2 Å². The van der Waals surface area contributed by atoms with E-state index in [-0.39, 0.29) is 22.5 Å². The fourth-order valence-electron chi connectivity index (χ4n) is 1.50. The van der Waals surface area contributed by atoms with E-state index in [1.54, 1.807) is 13.8 Å². The summed E-state index contributed by atoms with van der Waals surface area (Å²) >= 11 is 22.7. The van der Waals surface area contributed by atoms with Crippen molar-refractivity contribution in [1.29, 1.82) is 0 Å². The molecule has 0 aromatic heterocycles. The van der Waals surface area contributed by atoms with Crippen LogP contribution in [0.4, 0.5) is 5.69 Å². The van der Waals surface area contributed by atoms with Crippen molar-refractivity contribution in [2.45, 2.75) is 23.8 Å². The molecule has 1 unspecified atom stereocenters. The molecular weight excluding hydrogens is 397 g/mol. The predicted octanol–water partition coefficient (Wildman–Crippen LogP) is 3.14. The van der Waals surface area contributed by atoms with Gasteiger partial charge in [0.05, 0.1) is 5.56 Å². The van der Waals surface area contributed by atoms with Crippen molar-refractivity contribution < 1.29 is 14.7 Å². The number of anilines is 1. The summed E-state index contributed by atoms with van der Waals surface area (Å²) in [6.07, 6.45) is -1.05. The Labute approximate surface area is 159 Å². The molecule has 0 heterocycles. The first-order valence-electron chi connectivity index (χ1n) is 6.78. The minimum atomic E-state index is -1.83. The van der Waals surface area contributed by atoms with Gasteiger partial charge in [-0.05, 0) is 36.5 Å². The van der Waals surface area contributed by atoms with Crippen LogP contribution >= 0.6 is 47.0 Å². The minimum absolute atomic E-state index is 0.0958. The number of alkyl halides is 3. The normalized spacial score (nSPS) is 12.4. The number of halogens is 3. The monoisotopic (exact) mass is 411 g/mol. The average Bonchev–Trinajstić information content (AvgIpc) is 2.45. The molecule has 1 aromatic rings. The molecule has 0 saturated carbocycles. The third kappa shape index (κ3) is 6.68. The van der Waals surface area contributed by atoms with Crippen LogP contribution in [0, 0.1) is 5.92 Å². The Hall–Kier alpha value is -1.28. The van der Waals surface area contributed by atoms with Crippen LogP contribution in [0.3, 0.4) is 0 Å². The number of aromatic carboxylic acids is 1. The van der Waals surface area contributed by atoms with E-state index in [2.05, 4.69) is 16.0 Å². The second-order valence-electron chi connectivity index (χ2n) is 5.12. The smallest absolute Gasteiger partial charge is 0.335 e. The molecule has 1 aromatic carbocycles. The summed E-state index contributed by atoms with van der Waals surface area (Å²) < 4.78 is -1.83. The van der Waals surface area contributed by atoms with Crippen molar-refractivity contribution in [3.05, 3.63) is 29.8 Å². The van der Waals surface area contributed by atoms with Gasteiger partial charge in [0.2, 0.25) is 9.70 Å². The molecule has 0 aliphatic rings. The topological polar surface area (TPSA) is 90.5 Å². The van der Waals surface area contributed by atoms with Gasteiger partial charge in [0, 0.05) is 11.6 Å². The van der Waals surface area contributed by atoms with Crippen molar-refractivity contribution in [2.75, 3.05) is 5.32 Å². The van der Waals surface area contributed by atoms with E-state index in [1.165, 1.54) is 24.3 Å². The SMILES string of the molecule is CC(C)C(=O)NC(NC(=S)Nc1ccc(C(=O)O)cc1)C(Cl)(Cl)Cl. The number of carbonyl (C=O) groups is 2. The molecule has 0 aliphatic carbocycles. The molecule has 10 heteroatoms. The van der Waals surface area contributed by atoms with Gasteiger partial charge in [-0.1, -0.05) is 48.7 Å². The first-order valence-corrected chi connectivity index (χ1v) is 8.33. The highest BCUT2D eigenvalue weighted by molar-refractivity contribution is 7.80. The maximum Gasteiger partial charge on any atom is 0.335 e. The first-order chi connectivity index (χ1) is 11.0. The average molecular weight is 413 g/mol. The number of benzene rings is 1. The molecule has 1 amide bonds. The van der Waals surface area contributed by atoms with E-state index in [0.717, 1.165) is 0 Å². The van der Waals surface area contributed by atoms with E-state index >= 15 is 0 Å². The van der Waals surface area contributed by atoms with Crippen LogP contribution in [0.25, 0.3) is 0 Å². The predicted molar refractivity (Wildman–Crippen MR) is 99.8 cm³/mol. The number of carboxylic acid groups (broad SMARTS) is 1. The van der Waals surface area contributed by atoms with Gasteiger partial charge < -0.3 is 21.1 Å². The fourth-order valence-corrected chi connectivity index (χ4v) is 2.07. The van der Waals surface area contributed by atoms with Crippen molar-refractivity contribution in [1.82, 2.24) is 10.6 Å². The number of nitrogens with one attached hydrogen (secondary N) is 3. The summed E-state index contributed by atoms with van der Waals surface area (Å²) in [4.78, 5) is 22.6. The van der Waals surface area contributed by atoms with Gasteiger partial charge in [0.1, 0.15) is 6.17 Å². The summed E-state index contributed by atoms with van der Waals surface area (Å²) in [6.45, 7) is 3.40. The van der Waals surface area contributed by atoms with E-state index < -0.39 is 15.9 Å². The first kappa shape index (κ1) is 20.8. The highest BCUT2D eigenvalue weighted by Gasteiger charge is 2.35. The molecule has 24 heavy (non-hydrogen) atoms. The quantitative estimate of drug-likeness (QED) is 0.337. The Balaban J connectivity index is 2.74. The minimum Gasteiger partial charge on any atom is -0.478 e. The molecular formula is C14H16Cl3N3O3S. The van der Waals surface area contributed by atoms with Gasteiger partial charge in [0.25, 0.3) is 0 Å². The lowest BCUT2D eigenvalue weighted by Gasteiger charge is -2.28. The Morgan fingerprint density at radius 1 is 1.12 bits per heavy atom. The maximum absolute atomic E-state index is 11.8. The van der Waals surface area contributed by atoms with Gasteiger partial charge >= 0.3 is 5.97 Å². The van der Waals surface area contributed by atoms with Crippen LogP contribution in [-0.4, -0.2) is 32.1 Å².